The molecule has 0 saturated carbocycles. The highest BCUT2D eigenvalue weighted by Gasteiger charge is 2.20. The Bertz CT molecular complexity index is 1140. The summed E-state index contributed by atoms with van der Waals surface area (Å²) in [6, 6.07) is 34.6. The summed E-state index contributed by atoms with van der Waals surface area (Å²) < 4.78 is 0. The lowest BCUT2D eigenvalue weighted by Crippen LogP contribution is -2.10. The summed E-state index contributed by atoms with van der Waals surface area (Å²) in [5.74, 6) is 0. The number of benzene rings is 4. The molecule has 4 aromatic rings. The van der Waals surface area contributed by atoms with E-state index in [0.717, 1.165) is 23.4 Å². The van der Waals surface area contributed by atoms with E-state index in [2.05, 4.69) is 109 Å². The fourth-order valence-corrected chi connectivity index (χ4v) is 4.05. The van der Waals surface area contributed by atoms with Crippen LogP contribution in [-0.2, 0) is 6.42 Å². The third-order valence-corrected chi connectivity index (χ3v) is 5.44. The quantitative estimate of drug-likeness (QED) is 0.324. The van der Waals surface area contributed by atoms with Crippen molar-refractivity contribution in [3.63, 3.8) is 0 Å². The molecule has 1 nitrogen and oxygen atoms in total. The third kappa shape index (κ3) is 2.82. The number of hydrogen-bond donors (Lipinski definition) is 0. The fourth-order valence-electron chi connectivity index (χ4n) is 4.05. The van der Waals surface area contributed by atoms with Gasteiger partial charge in [0.15, 0.2) is 0 Å². The largest absolute Gasteiger partial charge is 0.310 e. The van der Waals surface area contributed by atoms with Crippen LogP contribution in [0.4, 0.5) is 17.1 Å². The minimum atomic E-state index is 0.997. The summed E-state index contributed by atoms with van der Waals surface area (Å²) in [6.07, 6.45) is 2.88. The van der Waals surface area contributed by atoms with Crippen molar-refractivity contribution < 1.29 is 0 Å². The first-order valence-corrected chi connectivity index (χ1v) is 9.62. The van der Waals surface area contributed by atoms with E-state index in [1.807, 2.05) is 6.08 Å². The molecule has 0 aromatic heterocycles. The zero-order valence-electron chi connectivity index (χ0n) is 15.7. The molecule has 0 saturated heterocycles. The molecule has 0 amide bonds. The van der Waals surface area contributed by atoms with E-state index in [9.17, 15) is 0 Å². The van der Waals surface area contributed by atoms with Crippen molar-refractivity contribution in [2.24, 2.45) is 0 Å². The molecule has 0 bridgehead atoms. The maximum atomic E-state index is 3.87. The van der Waals surface area contributed by atoms with E-state index in [0.29, 0.717) is 0 Å². The highest BCUT2D eigenvalue weighted by atomic mass is 15.1. The summed E-state index contributed by atoms with van der Waals surface area (Å²) in [5.41, 5.74) is 10.1. The lowest BCUT2D eigenvalue weighted by atomic mass is 10.0. The van der Waals surface area contributed by atoms with Crippen molar-refractivity contribution in [2.45, 2.75) is 6.42 Å². The van der Waals surface area contributed by atoms with Gasteiger partial charge in [0, 0.05) is 17.1 Å². The normalized spacial score (nSPS) is 11.6. The summed E-state index contributed by atoms with van der Waals surface area (Å²) in [5, 5.41) is 0. The predicted octanol–water partition coefficient (Wildman–Crippen LogP) is 7.37. The van der Waals surface area contributed by atoms with Gasteiger partial charge < -0.3 is 4.90 Å². The number of nitrogens with zero attached hydrogens (tertiary/aromatic N) is 1. The van der Waals surface area contributed by atoms with Crippen LogP contribution in [0.5, 0.6) is 0 Å². The molecule has 0 aliphatic heterocycles. The standard InChI is InChI=1S/C27H21N/c1-2-20-12-14-24(15-13-20)28(23-9-4-3-5-10-23)25-16-17-27-22(19-25)18-21-8-6-7-11-26(21)27/h2-17,19H,1,18H2. The molecule has 4 aromatic carbocycles. The maximum absolute atomic E-state index is 3.87. The van der Waals surface area contributed by atoms with E-state index in [-0.39, 0.29) is 0 Å². The molecule has 28 heavy (non-hydrogen) atoms. The molecule has 1 aliphatic rings. The van der Waals surface area contributed by atoms with Gasteiger partial charge in [-0.3, -0.25) is 0 Å². The van der Waals surface area contributed by atoms with Crippen molar-refractivity contribution in [3.8, 4) is 11.1 Å². The van der Waals surface area contributed by atoms with Gasteiger partial charge in [0.1, 0.15) is 0 Å². The molecular weight excluding hydrogens is 338 g/mol. The minimum Gasteiger partial charge on any atom is -0.310 e. The Labute approximate surface area is 166 Å². The summed E-state index contributed by atoms with van der Waals surface area (Å²) >= 11 is 0. The van der Waals surface area contributed by atoms with E-state index >= 15 is 0 Å². The van der Waals surface area contributed by atoms with Crippen LogP contribution < -0.4 is 4.90 Å². The molecular formula is C27H21N. The number of para-hydroxylation sites is 1. The second-order valence-electron chi connectivity index (χ2n) is 7.14. The van der Waals surface area contributed by atoms with Crippen LogP contribution in [0.1, 0.15) is 16.7 Å². The topological polar surface area (TPSA) is 3.24 Å². The lowest BCUT2D eigenvalue weighted by molar-refractivity contribution is 1.23. The van der Waals surface area contributed by atoms with Crippen molar-refractivity contribution in [1.29, 1.82) is 0 Å². The Hall–Kier alpha value is -3.58. The van der Waals surface area contributed by atoms with Crippen LogP contribution in [0.2, 0.25) is 0 Å². The van der Waals surface area contributed by atoms with E-state index in [1.165, 1.54) is 27.9 Å². The molecule has 0 unspecified atom stereocenters. The van der Waals surface area contributed by atoms with Crippen molar-refractivity contribution >= 4 is 23.1 Å². The van der Waals surface area contributed by atoms with Crippen LogP contribution in [0.3, 0.4) is 0 Å². The van der Waals surface area contributed by atoms with Crippen LogP contribution >= 0.6 is 0 Å². The van der Waals surface area contributed by atoms with Gasteiger partial charge in [0.2, 0.25) is 0 Å². The van der Waals surface area contributed by atoms with Crippen molar-refractivity contribution in [3.05, 3.63) is 120 Å². The van der Waals surface area contributed by atoms with Crippen molar-refractivity contribution in [2.75, 3.05) is 4.90 Å². The zero-order chi connectivity index (χ0) is 18.9. The first-order valence-electron chi connectivity index (χ1n) is 9.62. The SMILES string of the molecule is C=Cc1ccc(N(c2ccccc2)c2ccc3c(c2)Cc2ccccc2-3)cc1. The molecule has 1 aliphatic carbocycles. The predicted molar refractivity (Wildman–Crippen MR) is 119 cm³/mol. The smallest absolute Gasteiger partial charge is 0.0464 e. The monoisotopic (exact) mass is 359 g/mol. The first-order chi connectivity index (χ1) is 13.8. The third-order valence-electron chi connectivity index (χ3n) is 5.44. The Morgan fingerprint density at radius 3 is 2.04 bits per heavy atom. The first kappa shape index (κ1) is 16.6. The van der Waals surface area contributed by atoms with Crippen molar-refractivity contribution in [1.82, 2.24) is 0 Å². The van der Waals surface area contributed by atoms with Gasteiger partial charge in [0.05, 0.1) is 0 Å². The van der Waals surface area contributed by atoms with Crippen LogP contribution in [0.15, 0.2) is 104 Å². The number of rotatable bonds is 4. The van der Waals surface area contributed by atoms with E-state index in [4.69, 9.17) is 0 Å². The molecule has 134 valence electrons. The van der Waals surface area contributed by atoms with Gasteiger partial charge in [-0.25, -0.2) is 0 Å². The highest BCUT2D eigenvalue weighted by Crippen LogP contribution is 2.41. The number of hydrogen-bond acceptors (Lipinski definition) is 1. The van der Waals surface area contributed by atoms with Gasteiger partial charge in [-0.2, -0.15) is 0 Å². The second-order valence-corrected chi connectivity index (χ2v) is 7.14. The van der Waals surface area contributed by atoms with Gasteiger partial charge in [-0.05, 0) is 70.6 Å². The van der Waals surface area contributed by atoms with Crippen LogP contribution in [0.25, 0.3) is 17.2 Å². The zero-order valence-corrected chi connectivity index (χ0v) is 15.7. The van der Waals surface area contributed by atoms with Gasteiger partial charge >= 0.3 is 0 Å². The molecule has 5 rings (SSSR count). The molecule has 1 heteroatoms. The van der Waals surface area contributed by atoms with E-state index in [1.54, 1.807) is 0 Å². The highest BCUT2D eigenvalue weighted by molar-refractivity contribution is 5.83. The average molecular weight is 359 g/mol. The van der Waals surface area contributed by atoms with Gasteiger partial charge in [0.25, 0.3) is 0 Å². The number of fused-ring (bicyclic) bond motifs is 3. The Balaban J connectivity index is 1.62. The summed E-state index contributed by atoms with van der Waals surface area (Å²) in [4.78, 5) is 2.32. The average Bonchev–Trinajstić information content (AvgIpc) is 3.13. The van der Waals surface area contributed by atoms with Gasteiger partial charge in [-0.15, -0.1) is 0 Å². The molecule has 0 N–H and O–H groups in total. The second kappa shape index (κ2) is 6.86. The molecule has 0 heterocycles. The van der Waals surface area contributed by atoms with Gasteiger partial charge in [-0.1, -0.05) is 73.3 Å². The Morgan fingerprint density at radius 2 is 1.25 bits per heavy atom. The minimum absolute atomic E-state index is 0.997. The molecule has 0 radical (unpaired) electrons. The van der Waals surface area contributed by atoms with E-state index < -0.39 is 0 Å². The maximum Gasteiger partial charge on any atom is 0.0464 e. The molecule has 0 atom stereocenters. The van der Waals surface area contributed by atoms with Crippen LogP contribution in [0, 0.1) is 0 Å². The van der Waals surface area contributed by atoms with Crippen LogP contribution in [-0.4, -0.2) is 0 Å². The molecule has 0 spiro atoms. The fraction of sp³-hybridized carbons (Fsp3) is 0.0370. The lowest BCUT2D eigenvalue weighted by Gasteiger charge is -2.26. The Morgan fingerprint density at radius 1 is 0.607 bits per heavy atom. The summed E-state index contributed by atoms with van der Waals surface area (Å²) in [6.45, 7) is 3.87. The Kier molecular flexibility index (Phi) is 4.06. The summed E-state index contributed by atoms with van der Waals surface area (Å²) in [7, 11) is 0. The number of anilines is 3. The molecule has 0 fully saturated rings.